The summed E-state index contributed by atoms with van der Waals surface area (Å²) in [5, 5.41) is 2.23. The standard InChI is InChI=1S/C14H22N2O3S/c1-10(2)20(18,19)16(5)9-13(17)15-14-11(3)7-6-8-12(14)4/h6-8,10H,9H2,1-5H3,(H,15,17). The summed E-state index contributed by atoms with van der Waals surface area (Å²) in [5.74, 6) is -0.339. The van der Waals surface area contributed by atoms with Gasteiger partial charge in [0.05, 0.1) is 11.8 Å². The Balaban J connectivity index is 2.79. The molecule has 0 aliphatic carbocycles. The molecule has 1 N–H and O–H groups in total. The average molecular weight is 298 g/mol. The van der Waals surface area contributed by atoms with Crippen LogP contribution in [0.3, 0.4) is 0 Å². The summed E-state index contributed by atoms with van der Waals surface area (Å²) >= 11 is 0. The van der Waals surface area contributed by atoms with Gasteiger partial charge in [-0.2, -0.15) is 4.31 Å². The van der Waals surface area contributed by atoms with E-state index in [4.69, 9.17) is 0 Å². The number of aryl methyl sites for hydroxylation is 2. The van der Waals surface area contributed by atoms with Crippen LogP contribution >= 0.6 is 0 Å². The Bertz CT molecular complexity index is 574. The fourth-order valence-corrected chi connectivity index (χ4v) is 2.86. The zero-order valence-corrected chi connectivity index (χ0v) is 13.4. The first-order chi connectivity index (χ1) is 9.16. The summed E-state index contributed by atoms with van der Waals surface area (Å²) in [6.45, 7) is 6.80. The van der Waals surface area contributed by atoms with Crippen LogP contribution in [-0.2, 0) is 14.8 Å². The van der Waals surface area contributed by atoms with E-state index in [0.29, 0.717) is 0 Å². The van der Waals surface area contributed by atoms with Crippen molar-refractivity contribution in [3.05, 3.63) is 29.3 Å². The SMILES string of the molecule is Cc1cccc(C)c1NC(=O)CN(C)S(=O)(=O)C(C)C. The van der Waals surface area contributed by atoms with Crippen molar-refractivity contribution in [2.75, 3.05) is 18.9 Å². The topological polar surface area (TPSA) is 66.5 Å². The number of hydrogen-bond acceptors (Lipinski definition) is 3. The van der Waals surface area contributed by atoms with Crippen molar-refractivity contribution >= 4 is 21.6 Å². The lowest BCUT2D eigenvalue weighted by Crippen LogP contribution is -2.38. The zero-order valence-electron chi connectivity index (χ0n) is 12.6. The number of nitrogens with zero attached hydrogens (tertiary/aromatic N) is 1. The minimum atomic E-state index is -3.41. The number of hydrogen-bond donors (Lipinski definition) is 1. The lowest BCUT2D eigenvalue weighted by molar-refractivity contribution is -0.116. The molecule has 0 aliphatic heterocycles. The van der Waals surface area contributed by atoms with E-state index in [-0.39, 0.29) is 12.5 Å². The van der Waals surface area contributed by atoms with Gasteiger partial charge in [-0.1, -0.05) is 18.2 Å². The highest BCUT2D eigenvalue weighted by molar-refractivity contribution is 7.89. The van der Waals surface area contributed by atoms with Gasteiger partial charge in [0.2, 0.25) is 15.9 Å². The van der Waals surface area contributed by atoms with Gasteiger partial charge in [-0.25, -0.2) is 8.42 Å². The molecular formula is C14H22N2O3S. The van der Waals surface area contributed by atoms with Crippen molar-refractivity contribution < 1.29 is 13.2 Å². The third-order valence-electron chi connectivity index (χ3n) is 3.14. The summed E-state index contributed by atoms with van der Waals surface area (Å²) in [6.07, 6.45) is 0. The van der Waals surface area contributed by atoms with Crippen LogP contribution in [0.1, 0.15) is 25.0 Å². The Hall–Kier alpha value is -1.40. The lowest BCUT2D eigenvalue weighted by atomic mass is 10.1. The molecular weight excluding hydrogens is 276 g/mol. The van der Waals surface area contributed by atoms with Gasteiger partial charge in [-0.05, 0) is 38.8 Å². The predicted octanol–water partition coefficient (Wildman–Crippen LogP) is 1.91. The first-order valence-electron chi connectivity index (χ1n) is 6.47. The molecule has 0 aliphatic rings. The number of para-hydroxylation sites is 1. The number of benzene rings is 1. The summed E-state index contributed by atoms with van der Waals surface area (Å²) < 4.78 is 24.9. The van der Waals surface area contributed by atoms with Gasteiger partial charge < -0.3 is 5.32 Å². The van der Waals surface area contributed by atoms with Crippen molar-refractivity contribution in [2.45, 2.75) is 32.9 Å². The highest BCUT2D eigenvalue weighted by Gasteiger charge is 2.24. The van der Waals surface area contributed by atoms with Crippen molar-refractivity contribution in [1.29, 1.82) is 0 Å². The first kappa shape index (κ1) is 16.7. The van der Waals surface area contributed by atoms with Crippen molar-refractivity contribution in [3.63, 3.8) is 0 Å². The second kappa shape index (κ2) is 6.37. The number of anilines is 1. The molecule has 20 heavy (non-hydrogen) atoms. The van der Waals surface area contributed by atoms with Crippen molar-refractivity contribution in [3.8, 4) is 0 Å². The smallest absolute Gasteiger partial charge is 0.239 e. The van der Waals surface area contributed by atoms with Gasteiger partial charge in [0.1, 0.15) is 0 Å². The first-order valence-corrected chi connectivity index (χ1v) is 7.97. The van der Waals surface area contributed by atoms with Gasteiger partial charge in [-0.15, -0.1) is 0 Å². The number of rotatable bonds is 5. The molecule has 1 aromatic rings. The molecule has 0 radical (unpaired) electrons. The summed E-state index contributed by atoms with van der Waals surface area (Å²) in [5.41, 5.74) is 2.65. The summed E-state index contributed by atoms with van der Waals surface area (Å²) in [7, 11) is -2.00. The van der Waals surface area contributed by atoms with Crippen molar-refractivity contribution in [2.24, 2.45) is 0 Å². The van der Waals surface area contributed by atoms with Crippen LogP contribution < -0.4 is 5.32 Å². The average Bonchev–Trinajstić information content (AvgIpc) is 2.33. The third-order valence-corrected chi connectivity index (χ3v) is 5.33. The third kappa shape index (κ3) is 3.80. The van der Waals surface area contributed by atoms with E-state index in [2.05, 4.69) is 5.32 Å². The van der Waals surface area contributed by atoms with E-state index in [1.165, 1.54) is 7.05 Å². The second-order valence-corrected chi connectivity index (χ2v) is 7.76. The largest absolute Gasteiger partial charge is 0.324 e. The Morgan fingerprint density at radius 2 is 1.75 bits per heavy atom. The highest BCUT2D eigenvalue weighted by atomic mass is 32.2. The maximum Gasteiger partial charge on any atom is 0.239 e. The van der Waals surface area contributed by atoms with E-state index in [9.17, 15) is 13.2 Å². The molecule has 1 aromatic carbocycles. The molecule has 0 fully saturated rings. The molecule has 0 saturated heterocycles. The Kier molecular flexibility index (Phi) is 5.30. The number of likely N-dealkylation sites (N-methyl/N-ethyl adjacent to an activating group) is 1. The molecule has 0 aromatic heterocycles. The van der Waals surface area contributed by atoms with E-state index in [1.807, 2.05) is 32.0 Å². The van der Waals surface area contributed by atoms with Crippen LogP contribution in [0.15, 0.2) is 18.2 Å². The fourth-order valence-electron chi connectivity index (χ4n) is 1.84. The number of amides is 1. The normalized spacial score (nSPS) is 11.9. The molecule has 0 bridgehead atoms. The van der Waals surface area contributed by atoms with Gasteiger partial charge in [0.25, 0.3) is 0 Å². The predicted molar refractivity (Wildman–Crippen MR) is 81.2 cm³/mol. The van der Waals surface area contributed by atoms with Crippen LogP contribution in [0.2, 0.25) is 0 Å². The van der Waals surface area contributed by atoms with Gasteiger partial charge >= 0.3 is 0 Å². The van der Waals surface area contributed by atoms with Crippen LogP contribution in [0, 0.1) is 13.8 Å². The monoisotopic (exact) mass is 298 g/mol. The molecule has 0 atom stereocenters. The molecule has 1 amide bonds. The van der Waals surface area contributed by atoms with Crippen LogP contribution in [-0.4, -0.2) is 37.5 Å². The number of carbonyl (C=O) groups is 1. The second-order valence-electron chi connectivity index (χ2n) is 5.16. The number of carbonyl (C=O) groups excluding carboxylic acids is 1. The summed E-state index contributed by atoms with van der Waals surface area (Å²) in [6, 6.07) is 5.71. The molecule has 0 saturated carbocycles. The van der Waals surface area contributed by atoms with Crippen LogP contribution in [0.5, 0.6) is 0 Å². The van der Waals surface area contributed by atoms with E-state index in [1.54, 1.807) is 13.8 Å². The summed E-state index contributed by atoms with van der Waals surface area (Å²) in [4.78, 5) is 12.0. The van der Waals surface area contributed by atoms with E-state index in [0.717, 1.165) is 21.1 Å². The minimum absolute atomic E-state index is 0.186. The Morgan fingerprint density at radius 1 is 1.25 bits per heavy atom. The molecule has 0 heterocycles. The maximum absolute atomic E-state index is 12.0. The molecule has 6 heteroatoms. The quantitative estimate of drug-likeness (QED) is 0.903. The minimum Gasteiger partial charge on any atom is -0.324 e. The lowest BCUT2D eigenvalue weighted by Gasteiger charge is -2.20. The van der Waals surface area contributed by atoms with Gasteiger partial charge in [-0.3, -0.25) is 4.79 Å². The highest BCUT2D eigenvalue weighted by Crippen LogP contribution is 2.19. The van der Waals surface area contributed by atoms with E-state index < -0.39 is 15.3 Å². The Labute approximate surface area is 121 Å². The molecule has 1 rings (SSSR count). The van der Waals surface area contributed by atoms with Gasteiger partial charge in [0.15, 0.2) is 0 Å². The molecule has 112 valence electrons. The molecule has 0 unspecified atom stereocenters. The number of sulfonamides is 1. The molecule has 0 spiro atoms. The Morgan fingerprint density at radius 3 is 2.20 bits per heavy atom. The van der Waals surface area contributed by atoms with Gasteiger partial charge in [0, 0.05) is 12.7 Å². The maximum atomic E-state index is 12.0. The van der Waals surface area contributed by atoms with Crippen LogP contribution in [0.4, 0.5) is 5.69 Å². The van der Waals surface area contributed by atoms with Crippen LogP contribution in [0.25, 0.3) is 0 Å². The van der Waals surface area contributed by atoms with E-state index >= 15 is 0 Å². The zero-order chi connectivity index (χ0) is 15.5. The molecule has 5 nitrogen and oxygen atoms in total. The number of nitrogens with one attached hydrogen (secondary N) is 1. The van der Waals surface area contributed by atoms with Crippen molar-refractivity contribution in [1.82, 2.24) is 4.31 Å². The fraction of sp³-hybridized carbons (Fsp3) is 0.500.